The molecule has 4 heteroatoms. The molecule has 2 unspecified atom stereocenters. The first-order valence-electron chi connectivity index (χ1n) is 8.16. The topological polar surface area (TPSA) is 46.2 Å². The third-order valence-electron chi connectivity index (χ3n) is 4.28. The molecular weight excluding hydrogens is 282 g/mol. The fourth-order valence-corrected chi connectivity index (χ4v) is 4.78. The van der Waals surface area contributed by atoms with Gasteiger partial charge in [0, 0.05) is 12.1 Å². The highest BCUT2D eigenvalue weighted by molar-refractivity contribution is 7.91. The van der Waals surface area contributed by atoms with Crippen molar-refractivity contribution >= 4 is 9.84 Å². The van der Waals surface area contributed by atoms with Gasteiger partial charge in [-0.1, -0.05) is 51.3 Å². The first-order valence-corrected chi connectivity index (χ1v) is 9.81. The van der Waals surface area contributed by atoms with Gasteiger partial charge < -0.3 is 5.32 Å². The highest BCUT2D eigenvalue weighted by Gasteiger charge is 2.30. The van der Waals surface area contributed by atoms with Crippen LogP contribution in [0.1, 0.15) is 64.0 Å². The lowest BCUT2D eigenvalue weighted by atomic mass is 9.99. The average molecular weight is 309 g/mol. The fourth-order valence-electron chi connectivity index (χ4n) is 3.16. The van der Waals surface area contributed by atoms with Crippen molar-refractivity contribution in [3.05, 3.63) is 29.8 Å². The molecule has 2 atom stereocenters. The molecule has 1 aromatic rings. The van der Waals surface area contributed by atoms with Crippen LogP contribution in [0.4, 0.5) is 0 Å². The van der Waals surface area contributed by atoms with Crippen LogP contribution in [0.2, 0.25) is 0 Å². The zero-order valence-electron chi connectivity index (χ0n) is 13.1. The highest BCUT2D eigenvalue weighted by Crippen LogP contribution is 2.32. The van der Waals surface area contributed by atoms with Gasteiger partial charge in [0.2, 0.25) is 0 Å². The maximum absolute atomic E-state index is 12.2. The van der Waals surface area contributed by atoms with E-state index in [1.54, 1.807) is 6.07 Å². The lowest BCUT2D eigenvalue weighted by molar-refractivity contribution is 0.370. The van der Waals surface area contributed by atoms with E-state index in [9.17, 15) is 8.42 Å². The molecule has 0 saturated heterocycles. The second kappa shape index (κ2) is 7.41. The van der Waals surface area contributed by atoms with Crippen LogP contribution in [0.5, 0.6) is 0 Å². The predicted molar refractivity (Wildman–Crippen MR) is 87.2 cm³/mol. The van der Waals surface area contributed by atoms with E-state index in [1.165, 1.54) is 19.3 Å². The molecule has 118 valence electrons. The van der Waals surface area contributed by atoms with E-state index in [4.69, 9.17) is 0 Å². The first kappa shape index (κ1) is 16.5. The van der Waals surface area contributed by atoms with Crippen molar-refractivity contribution in [1.82, 2.24) is 5.32 Å². The van der Waals surface area contributed by atoms with Gasteiger partial charge >= 0.3 is 0 Å². The normalized spacial score (nSPS) is 21.7. The molecule has 0 amide bonds. The molecule has 3 nitrogen and oxygen atoms in total. The molecule has 0 radical (unpaired) electrons. The molecule has 21 heavy (non-hydrogen) atoms. The Hall–Kier alpha value is -0.870. The number of benzene rings is 1. The minimum absolute atomic E-state index is 0.179. The summed E-state index contributed by atoms with van der Waals surface area (Å²) in [4.78, 5) is 0.527. The van der Waals surface area contributed by atoms with E-state index in [-0.39, 0.29) is 11.8 Å². The van der Waals surface area contributed by atoms with E-state index in [2.05, 4.69) is 19.2 Å². The predicted octanol–water partition coefficient (Wildman–Crippen LogP) is 3.85. The quantitative estimate of drug-likeness (QED) is 0.832. The molecule has 1 heterocycles. The number of sulfone groups is 1. The van der Waals surface area contributed by atoms with E-state index < -0.39 is 9.84 Å². The summed E-state index contributed by atoms with van der Waals surface area (Å²) in [5.74, 6) is 0.258. The van der Waals surface area contributed by atoms with Gasteiger partial charge in [-0.15, -0.1) is 0 Å². The van der Waals surface area contributed by atoms with Gasteiger partial charge in [-0.2, -0.15) is 0 Å². The number of nitrogens with one attached hydrogen (secondary N) is 1. The minimum Gasteiger partial charge on any atom is -0.307 e. The number of hydrogen-bond donors (Lipinski definition) is 1. The molecule has 0 fully saturated rings. The maximum atomic E-state index is 12.2. The van der Waals surface area contributed by atoms with Crippen LogP contribution in [-0.4, -0.2) is 20.2 Å². The SMILES string of the molecule is CCCCC(CCC)NC1CCS(=O)(=O)c2ccccc21. The summed E-state index contributed by atoms with van der Waals surface area (Å²) in [6.45, 7) is 4.42. The molecule has 1 N–H and O–H groups in total. The Morgan fingerprint density at radius 1 is 1.19 bits per heavy atom. The summed E-state index contributed by atoms with van der Waals surface area (Å²) >= 11 is 0. The summed E-state index contributed by atoms with van der Waals surface area (Å²) < 4.78 is 24.3. The molecule has 2 rings (SSSR count). The standard InChI is InChI=1S/C17H27NO2S/c1-3-5-9-14(8-4-2)18-16-12-13-21(19,20)17-11-7-6-10-15(16)17/h6-7,10-11,14,16,18H,3-5,8-9,12-13H2,1-2H3. The van der Waals surface area contributed by atoms with Crippen molar-refractivity contribution in [1.29, 1.82) is 0 Å². The van der Waals surface area contributed by atoms with E-state index in [0.29, 0.717) is 17.4 Å². The van der Waals surface area contributed by atoms with Gasteiger partial charge in [0.25, 0.3) is 0 Å². The summed E-state index contributed by atoms with van der Waals surface area (Å²) in [7, 11) is -3.08. The maximum Gasteiger partial charge on any atom is 0.178 e. The van der Waals surface area contributed by atoms with Crippen molar-refractivity contribution in [3.8, 4) is 0 Å². The van der Waals surface area contributed by atoms with Crippen LogP contribution < -0.4 is 5.32 Å². The Morgan fingerprint density at radius 3 is 2.67 bits per heavy atom. The third-order valence-corrected chi connectivity index (χ3v) is 6.10. The van der Waals surface area contributed by atoms with Crippen LogP contribution in [0.25, 0.3) is 0 Å². The second-order valence-electron chi connectivity index (χ2n) is 5.99. The van der Waals surface area contributed by atoms with Crippen molar-refractivity contribution < 1.29 is 8.42 Å². The van der Waals surface area contributed by atoms with Crippen molar-refractivity contribution in [3.63, 3.8) is 0 Å². The summed E-state index contributed by atoms with van der Waals surface area (Å²) in [5, 5.41) is 3.72. The van der Waals surface area contributed by atoms with E-state index in [1.807, 2.05) is 18.2 Å². The zero-order valence-corrected chi connectivity index (χ0v) is 14.0. The van der Waals surface area contributed by atoms with Crippen LogP contribution in [-0.2, 0) is 9.84 Å². The Bertz CT molecular complexity index is 554. The van der Waals surface area contributed by atoms with Crippen molar-refractivity contribution in [2.75, 3.05) is 5.75 Å². The largest absolute Gasteiger partial charge is 0.307 e. The zero-order chi connectivity index (χ0) is 15.3. The average Bonchev–Trinajstić information content (AvgIpc) is 2.48. The van der Waals surface area contributed by atoms with Gasteiger partial charge in [0.15, 0.2) is 9.84 Å². The Kier molecular flexibility index (Phi) is 5.82. The fraction of sp³-hybridized carbons (Fsp3) is 0.647. The Labute approximate surface area is 129 Å². The number of unbranched alkanes of at least 4 members (excludes halogenated alkanes) is 1. The summed E-state index contributed by atoms with van der Waals surface area (Å²) in [6, 6.07) is 8.15. The molecule has 0 saturated carbocycles. The van der Waals surface area contributed by atoms with Gasteiger partial charge in [-0.3, -0.25) is 0 Å². The molecule has 1 aliphatic heterocycles. The van der Waals surface area contributed by atoms with Crippen LogP contribution in [0.3, 0.4) is 0 Å². The van der Waals surface area contributed by atoms with Crippen LogP contribution >= 0.6 is 0 Å². The minimum atomic E-state index is -3.08. The Balaban J connectivity index is 2.17. The Morgan fingerprint density at radius 2 is 1.95 bits per heavy atom. The molecule has 1 aromatic carbocycles. The third kappa shape index (κ3) is 4.07. The van der Waals surface area contributed by atoms with Crippen LogP contribution in [0.15, 0.2) is 29.2 Å². The van der Waals surface area contributed by atoms with Gasteiger partial charge in [-0.25, -0.2) is 8.42 Å². The molecule has 1 aliphatic rings. The molecule has 0 aliphatic carbocycles. The smallest absolute Gasteiger partial charge is 0.178 e. The van der Waals surface area contributed by atoms with Gasteiger partial charge in [-0.05, 0) is 30.9 Å². The van der Waals surface area contributed by atoms with Gasteiger partial charge in [0.1, 0.15) is 0 Å². The molecule has 0 bridgehead atoms. The summed E-state index contributed by atoms with van der Waals surface area (Å²) in [6.07, 6.45) is 6.61. The number of rotatable bonds is 7. The summed E-state index contributed by atoms with van der Waals surface area (Å²) in [5.41, 5.74) is 0.960. The molecule has 0 aromatic heterocycles. The second-order valence-corrected chi connectivity index (χ2v) is 8.07. The first-order chi connectivity index (χ1) is 10.1. The number of hydrogen-bond acceptors (Lipinski definition) is 3. The lowest BCUT2D eigenvalue weighted by Gasteiger charge is -2.30. The highest BCUT2D eigenvalue weighted by atomic mass is 32.2. The number of fused-ring (bicyclic) bond motifs is 1. The lowest BCUT2D eigenvalue weighted by Crippen LogP contribution is -2.36. The van der Waals surface area contributed by atoms with Gasteiger partial charge in [0.05, 0.1) is 10.6 Å². The molecular formula is C17H27NO2S. The van der Waals surface area contributed by atoms with E-state index in [0.717, 1.165) is 18.4 Å². The van der Waals surface area contributed by atoms with Crippen molar-refractivity contribution in [2.24, 2.45) is 0 Å². The van der Waals surface area contributed by atoms with E-state index >= 15 is 0 Å². The monoisotopic (exact) mass is 309 g/mol. The van der Waals surface area contributed by atoms with Crippen LogP contribution in [0, 0.1) is 0 Å². The molecule has 0 spiro atoms. The van der Waals surface area contributed by atoms with Crippen molar-refractivity contribution in [2.45, 2.75) is 69.4 Å².